The van der Waals surface area contributed by atoms with E-state index in [4.69, 9.17) is 10.8 Å². The van der Waals surface area contributed by atoms with Crippen LogP contribution >= 0.6 is 0 Å². The molecule has 6 nitrogen and oxygen atoms in total. The highest BCUT2D eigenvalue weighted by Crippen LogP contribution is 2.12. The van der Waals surface area contributed by atoms with Crippen molar-refractivity contribution in [3.8, 4) is 0 Å². The van der Waals surface area contributed by atoms with Crippen LogP contribution in [0.15, 0.2) is 0 Å². The van der Waals surface area contributed by atoms with Crippen LogP contribution in [0.4, 0.5) is 4.79 Å². The van der Waals surface area contributed by atoms with Gasteiger partial charge in [-0.1, -0.05) is 0 Å². The first kappa shape index (κ1) is 9.79. The lowest BCUT2D eigenvalue weighted by atomic mass is 10.1. The monoisotopic (exact) mass is 187 g/mol. The highest BCUT2D eigenvalue weighted by atomic mass is 16.4. The molecule has 0 aromatic rings. The van der Waals surface area contributed by atoms with Gasteiger partial charge in [-0.05, 0) is 7.05 Å². The van der Waals surface area contributed by atoms with Crippen molar-refractivity contribution in [2.75, 3.05) is 26.7 Å². The molecule has 13 heavy (non-hydrogen) atoms. The quantitative estimate of drug-likeness (QED) is 0.579. The molecule has 2 amide bonds. The number of carboxylic acid groups (broad SMARTS) is 1. The van der Waals surface area contributed by atoms with Crippen molar-refractivity contribution in [2.45, 2.75) is 6.04 Å². The number of primary amides is 1. The van der Waals surface area contributed by atoms with Crippen LogP contribution in [0.5, 0.6) is 0 Å². The van der Waals surface area contributed by atoms with Gasteiger partial charge < -0.3 is 15.7 Å². The van der Waals surface area contributed by atoms with E-state index in [0.29, 0.717) is 13.1 Å². The van der Waals surface area contributed by atoms with E-state index in [1.165, 1.54) is 4.90 Å². The smallest absolute Gasteiger partial charge is 0.317 e. The summed E-state index contributed by atoms with van der Waals surface area (Å²) < 4.78 is 0. The molecule has 0 aliphatic carbocycles. The molecule has 1 aliphatic heterocycles. The van der Waals surface area contributed by atoms with Gasteiger partial charge in [0.25, 0.3) is 0 Å². The highest BCUT2D eigenvalue weighted by Gasteiger charge is 2.32. The van der Waals surface area contributed by atoms with Crippen LogP contribution in [0, 0.1) is 0 Å². The molecule has 74 valence electrons. The van der Waals surface area contributed by atoms with E-state index >= 15 is 0 Å². The molecule has 0 aromatic heterocycles. The van der Waals surface area contributed by atoms with E-state index in [1.54, 1.807) is 11.9 Å². The van der Waals surface area contributed by atoms with Gasteiger partial charge in [0.15, 0.2) is 0 Å². The molecular weight excluding hydrogens is 174 g/mol. The molecule has 0 spiro atoms. The predicted octanol–water partition coefficient (Wildman–Crippen LogP) is -1.23. The van der Waals surface area contributed by atoms with Gasteiger partial charge in [0.1, 0.15) is 0 Å². The molecular formula is C7H13N3O3. The lowest BCUT2D eigenvalue weighted by Crippen LogP contribution is -2.62. The van der Waals surface area contributed by atoms with E-state index in [9.17, 15) is 9.59 Å². The Morgan fingerprint density at radius 1 is 1.62 bits per heavy atom. The summed E-state index contributed by atoms with van der Waals surface area (Å²) in [5, 5.41) is 8.48. The molecule has 0 atom stereocenters. The zero-order valence-corrected chi connectivity index (χ0v) is 7.43. The minimum atomic E-state index is -0.861. The van der Waals surface area contributed by atoms with Crippen molar-refractivity contribution < 1.29 is 14.7 Å². The normalized spacial score (nSPS) is 17.2. The molecule has 0 unspecified atom stereocenters. The Labute approximate surface area is 75.9 Å². The number of nitrogens with zero attached hydrogens (tertiary/aromatic N) is 2. The number of hydrogen-bond donors (Lipinski definition) is 2. The Morgan fingerprint density at radius 3 is 2.54 bits per heavy atom. The molecule has 0 bridgehead atoms. The summed E-state index contributed by atoms with van der Waals surface area (Å²) >= 11 is 0. The van der Waals surface area contributed by atoms with Gasteiger partial charge in [-0.25, -0.2) is 4.79 Å². The Bertz CT molecular complexity index is 225. The van der Waals surface area contributed by atoms with Crippen LogP contribution in [-0.4, -0.2) is 59.6 Å². The van der Waals surface area contributed by atoms with Gasteiger partial charge in [0.2, 0.25) is 0 Å². The number of rotatable bonds is 3. The third-order valence-electron chi connectivity index (χ3n) is 2.18. The van der Waals surface area contributed by atoms with E-state index in [2.05, 4.69) is 0 Å². The molecule has 0 radical (unpaired) electrons. The minimum Gasteiger partial charge on any atom is -0.480 e. The number of likely N-dealkylation sites (tertiary alicyclic amines) is 1. The van der Waals surface area contributed by atoms with Gasteiger partial charge in [-0.15, -0.1) is 0 Å². The maximum Gasteiger partial charge on any atom is 0.317 e. The van der Waals surface area contributed by atoms with Crippen molar-refractivity contribution in [3.05, 3.63) is 0 Å². The Kier molecular flexibility index (Phi) is 2.72. The summed E-state index contributed by atoms with van der Waals surface area (Å²) in [5.41, 5.74) is 5.01. The highest BCUT2D eigenvalue weighted by molar-refractivity contribution is 5.73. The van der Waals surface area contributed by atoms with Crippen molar-refractivity contribution >= 4 is 12.0 Å². The van der Waals surface area contributed by atoms with Crippen molar-refractivity contribution in [1.82, 2.24) is 9.80 Å². The van der Waals surface area contributed by atoms with E-state index in [0.717, 1.165) is 0 Å². The number of carbonyl (C=O) groups excluding carboxylic acids is 1. The fraction of sp³-hybridized carbons (Fsp3) is 0.714. The van der Waals surface area contributed by atoms with Gasteiger partial charge in [0.05, 0.1) is 6.54 Å². The predicted molar refractivity (Wildman–Crippen MR) is 45.2 cm³/mol. The first-order valence-electron chi connectivity index (χ1n) is 3.97. The van der Waals surface area contributed by atoms with Gasteiger partial charge in [-0.3, -0.25) is 9.69 Å². The van der Waals surface area contributed by atoms with E-state index in [-0.39, 0.29) is 12.6 Å². The second kappa shape index (κ2) is 3.61. The Morgan fingerprint density at radius 2 is 2.15 bits per heavy atom. The maximum atomic E-state index is 10.6. The topological polar surface area (TPSA) is 86.9 Å². The zero-order chi connectivity index (χ0) is 10.0. The molecule has 6 heteroatoms. The van der Waals surface area contributed by atoms with Crippen LogP contribution in [0.2, 0.25) is 0 Å². The number of carbonyl (C=O) groups is 2. The molecule has 3 N–H and O–H groups in total. The summed E-state index contributed by atoms with van der Waals surface area (Å²) in [6.07, 6.45) is 0. The first-order chi connectivity index (χ1) is 6.00. The lowest BCUT2D eigenvalue weighted by molar-refractivity contribution is -0.139. The average Bonchev–Trinajstić information content (AvgIpc) is 1.79. The van der Waals surface area contributed by atoms with Crippen molar-refractivity contribution in [2.24, 2.45) is 5.73 Å². The van der Waals surface area contributed by atoms with Crippen LogP contribution < -0.4 is 5.73 Å². The number of likely N-dealkylation sites (N-methyl/N-ethyl adjacent to an activating group) is 1. The largest absolute Gasteiger partial charge is 0.480 e. The lowest BCUT2D eigenvalue weighted by Gasteiger charge is -2.42. The number of aliphatic carboxylic acids is 1. The third-order valence-corrected chi connectivity index (χ3v) is 2.18. The Balaban J connectivity index is 2.26. The van der Waals surface area contributed by atoms with Crippen LogP contribution in [0.25, 0.3) is 0 Å². The number of nitrogens with two attached hydrogens (primary N) is 1. The van der Waals surface area contributed by atoms with E-state index in [1.807, 2.05) is 0 Å². The number of carboxylic acids is 1. The van der Waals surface area contributed by atoms with Gasteiger partial charge in [0, 0.05) is 19.1 Å². The summed E-state index contributed by atoms with van der Waals surface area (Å²) in [5.74, 6) is -0.861. The van der Waals surface area contributed by atoms with Crippen LogP contribution in [-0.2, 0) is 4.79 Å². The summed E-state index contributed by atoms with van der Waals surface area (Å²) in [6.45, 7) is 1.05. The molecule has 1 aliphatic rings. The third kappa shape index (κ3) is 2.32. The summed E-state index contributed by atoms with van der Waals surface area (Å²) in [6, 6.07) is -0.316. The van der Waals surface area contributed by atoms with Gasteiger partial charge in [-0.2, -0.15) is 0 Å². The molecule has 1 rings (SSSR count). The van der Waals surface area contributed by atoms with E-state index < -0.39 is 12.0 Å². The number of hydrogen-bond acceptors (Lipinski definition) is 3. The fourth-order valence-electron chi connectivity index (χ4n) is 1.26. The number of amides is 2. The average molecular weight is 187 g/mol. The molecule has 1 heterocycles. The van der Waals surface area contributed by atoms with Gasteiger partial charge >= 0.3 is 12.0 Å². The van der Waals surface area contributed by atoms with Crippen molar-refractivity contribution in [1.29, 1.82) is 0 Å². The minimum absolute atomic E-state index is 0.00271. The maximum absolute atomic E-state index is 10.6. The summed E-state index contributed by atoms with van der Waals surface area (Å²) in [7, 11) is 1.72. The van der Waals surface area contributed by atoms with Crippen molar-refractivity contribution in [3.63, 3.8) is 0 Å². The standard InChI is InChI=1S/C7H13N3O3/c1-9(4-6(11)12)5-2-10(3-5)7(8)13/h5H,2-4H2,1H3,(H2,8,13)(H,11,12). The van der Waals surface area contributed by atoms with Crippen LogP contribution in [0.1, 0.15) is 0 Å². The molecule has 0 saturated carbocycles. The second-order valence-corrected chi connectivity index (χ2v) is 3.21. The zero-order valence-electron chi connectivity index (χ0n) is 7.43. The number of urea groups is 1. The second-order valence-electron chi connectivity index (χ2n) is 3.21. The Hall–Kier alpha value is -1.30. The molecule has 0 aromatic carbocycles. The first-order valence-corrected chi connectivity index (χ1v) is 3.97. The molecule has 1 saturated heterocycles. The summed E-state index contributed by atoms with van der Waals surface area (Å²) in [4.78, 5) is 24.1. The fourth-order valence-corrected chi connectivity index (χ4v) is 1.26. The SMILES string of the molecule is CN(CC(=O)O)C1CN(C(N)=O)C1. The van der Waals surface area contributed by atoms with Crippen LogP contribution in [0.3, 0.4) is 0 Å². The molecule has 1 fully saturated rings.